The van der Waals surface area contributed by atoms with Crippen LogP contribution in [-0.2, 0) is 22.2 Å². The highest BCUT2D eigenvalue weighted by Gasteiger charge is 2.24. The number of benzene rings is 1. The third-order valence-corrected chi connectivity index (χ3v) is 6.53. The van der Waals surface area contributed by atoms with E-state index in [0.717, 1.165) is 39.2 Å². The van der Waals surface area contributed by atoms with Crippen LogP contribution in [0.5, 0.6) is 5.75 Å². The quantitative estimate of drug-likeness (QED) is 0.428. The number of aryl methyl sites for hydroxylation is 1. The summed E-state index contributed by atoms with van der Waals surface area (Å²) in [7, 11) is -1.07. The predicted octanol–water partition coefficient (Wildman–Crippen LogP) is 3.95. The second kappa shape index (κ2) is 8.82. The summed E-state index contributed by atoms with van der Waals surface area (Å²) >= 11 is 0. The number of pyridine rings is 2. The molecule has 0 spiro atoms. The first kappa shape index (κ1) is 20.9. The van der Waals surface area contributed by atoms with E-state index in [-0.39, 0.29) is 12.2 Å². The van der Waals surface area contributed by atoms with E-state index in [1.165, 1.54) is 0 Å². The lowest BCUT2D eigenvalue weighted by atomic mass is 10.1. The van der Waals surface area contributed by atoms with Gasteiger partial charge in [-0.3, -0.25) is 4.79 Å². The van der Waals surface area contributed by atoms with Gasteiger partial charge < -0.3 is 23.5 Å². The highest BCUT2D eigenvalue weighted by molar-refractivity contribution is 7.47. The normalized spacial score (nSPS) is 12.4. The van der Waals surface area contributed by atoms with Gasteiger partial charge in [0.2, 0.25) is 8.38 Å². The van der Waals surface area contributed by atoms with E-state index in [4.69, 9.17) is 18.8 Å². The molecule has 4 rings (SSSR count). The maximum atomic E-state index is 12.7. The molecule has 0 amide bonds. The second-order valence-corrected chi connectivity index (χ2v) is 8.47. The van der Waals surface area contributed by atoms with Crippen LogP contribution < -0.4 is 10.3 Å². The topological polar surface area (TPSA) is 82.8 Å². The van der Waals surface area contributed by atoms with E-state index in [0.29, 0.717) is 31.7 Å². The molecule has 8 heteroatoms. The average Bonchev–Trinajstić information content (AvgIpc) is 3.08. The van der Waals surface area contributed by atoms with E-state index >= 15 is 0 Å². The summed E-state index contributed by atoms with van der Waals surface area (Å²) in [6.45, 7) is 7.07. The summed E-state index contributed by atoms with van der Waals surface area (Å²) in [4.78, 5) is 17.5. The number of ether oxygens (including phenoxy) is 1. The molecule has 0 saturated heterocycles. The van der Waals surface area contributed by atoms with E-state index in [1.54, 1.807) is 4.57 Å². The molecule has 0 saturated carbocycles. The lowest BCUT2D eigenvalue weighted by Gasteiger charge is -2.16. The molecular weight excluding hydrogens is 403 g/mol. The zero-order chi connectivity index (χ0) is 21.3. The molecule has 3 aromatic rings. The summed E-state index contributed by atoms with van der Waals surface area (Å²) in [5.41, 5.74) is 4.50. The fraction of sp³-hybridized carbons (Fsp3) is 0.364. The molecule has 0 bridgehead atoms. The van der Waals surface area contributed by atoms with Gasteiger partial charge >= 0.3 is 0 Å². The fourth-order valence-electron chi connectivity index (χ4n) is 3.68. The van der Waals surface area contributed by atoms with Crippen molar-refractivity contribution in [2.75, 3.05) is 19.6 Å². The number of hydrogen-bond acceptors (Lipinski definition) is 6. The molecule has 1 aliphatic rings. The van der Waals surface area contributed by atoms with Gasteiger partial charge in [-0.1, -0.05) is 0 Å². The van der Waals surface area contributed by atoms with Crippen molar-refractivity contribution in [3.63, 3.8) is 0 Å². The molecule has 1 aromatic carbocycles. The minimum Gasteiger partial charge on any atom is -0.484 e. The molecule has 0 unspecified atom stereocenters. The highest BCUT2D eigenvalue weighted by atomic mass is 31.2. The lowest BCUT2D eigenvalue weighted by Crippen LogP contribution is -2.24. The van der Waals surface area contributed by atoms with Crippen molar-refractivity contribution in [2.45, 2.75) is 33.9 Å². The Kier molecular flexibility index (Phi) is 6.16. The van der Waals surface area contributed by atoms with Crippen LogP contribution in [0.4, 0.5) is 0 Å². The van der Waals surface area contributed by atoms with Crippen LogP contribution in [0.1, 0.15) is 30.5 Å². The van der Waals surface area contributed by atoms with Crippen molar-refractivity contribution in [3.8, 4) is 17.1 Å². The van der Waals surface area contributed by atoms with Gasteiger partial charge in [0.25, 0.3) is 5.56 Å². The lowest BCUT2D eigenvalue weighted by molar-refractivity contribution is 0.243. The minimum atomic E-state index is -1.07. The molecule has 30 heavy (non-hydrogen) atoms. The molecule has 158 valence electrons. The van der Waals surface area contributed by atoms with Crippen molar-refractivity contribution >= 4 is 19.3 Å². The molecule has 7 nitrogen and oxygen atoms in total. The summed E-state index contributed by atoms with van der Waals surface area (Å²) in [6, 6.07) is 9.74. The molecule has 3 heterocycles. The third kappa shape index (κ3) is 3.86. The maximum absolute atomic E-state index is 12.7. The minimum absolute atomic E-state index is 0.154. The van der Waals surface area contributed by atoms with E-state index in [1.807, 2.05) is 45.0 Å². The number of aliphatic hydroxyl groups excluding tert-OH is 1. The Bertz CT molecular complexity index is 1140. The zero-order valence-corrected chi connectivity index (χ0v) is 18.2. The van der Waals surface area contributed by atoms with Crippen LogP contribution in [0.15, 0.2) is 35.1 Å². The standard InChI is InChI=1S/C22H25N2O5P/c1-4-28-30(29-5-2)13-27-17-6-7-19-15(10-17)9-16-11-24-20(21(16)23-19)8-14(3)18(12-25)22(24)26/h6-10,25H,4-5,11-13H2,1-3H3. The third-order valence-electron chi connectivity index (χ3n) is 5.10. The maximum Gasteiger partial charge on any atom is 0.257 e. The number of hydrogen-bond donors (Lipinski definition) is 1. The van der Waals surface area contributed by atoms with Gasteiger partial charge in [0.15, 0.2) is 6.35 Å². The first-order chi connectivity index (χ1) is 14.5. The Morgan fingerprint density at radius 2 is 1.93 bits per heavy atom. The van der Waals surface area contributed by atoms with Gasteiger partial charge in [-0.15, -0.1) is 0 Å². The molecular formula is C22H25N2O5P. The molecule has 2 aromatic heterocycles. The van der Waals surface area contributed by atoms with Gasteiger partial charge in [0.1, 0.15) is 5.75 Å². The molecule has 0 fully saturated rings. The molecule has 1 aliphatic heterocycles. The number of fused-ring (bicyclic) bond motifs is 4. The van der Waals surface area contributed by atoms with Crippen molar-refractivity contribution in [1.82, 2.24) is 9.55 Å². The van der Waals surface area contributed by atoms with Crippen LogP contribution in [0.25, 0.3) is 22.3 Å². The first-order valence-electron chi connectivity index (χ1n) is 10.00. The van der Waals surface area contributed by atoms with Crippen molar-refractivity contribution in [1.29, 1.82) is 0 Å². The molecule has 1 N–H and O–H groups in total. The summed E-state index contributed by atoms with van der Waals surface area (Å²) in [5.74, 6) is 0.724. The van der Waals surface area contributed by atoms with Crippen LogP contribution in [0.3, 0.4) is 0 Å². The Morgan fingerprint density at radius 3 is 2.63 bits per heavy atom. The Hall–Kier alpha value is -2.31. The monoisotopic (exact) mass is 428 g/mol. The zero-order valence-electron chi connectivity index (χ0n) is 17.3. The van der Waals surface area contributed by atoms with Gasteiger partial charge in [0, 0.05) is 16.5 Å². The van der Waals surface area contributed by atoms with E-state index in [2.05, 4.69) is 6.07 Å². The van der Waals surface area contributed by atoms with Crippen molar-refractivity contribution in [2.24, 2.45) is 0 Å². The molecule has 0 atom stereocenters. The predicted molar refractivity (Wildman–Crippen MR) is 117 cm³/mol. The highest BCUT2D eigenvalue weighted by Crippen LogP contribution is 2.39. The first-order valence-corrected chi connectivity index (χ1v) is 11.4. The summed E-state index contributed by atoms with van der Waals surface area (Å²) < 4.78 is 18.7. The number of aromatic nitrogens is 2. The van der Waals surface area contributed by atoms with Gasteiger partial charge in [-0.05, 0) is 56.7 Å². The second-order valence-electron chi connectivity index (χ2n) is 7.03. The summed E-state index contributed by atoms with van der Waals surface area (Å²) in [5, 5.41) is 10.5. The van der Waals surface area contributed by atoms with E-state index in [9.17, 15) is 9.90 Å². The molecule has 0 aliphatic carbocycles. The van der Waals surface area contributed by atoms with E-state index < -0.39 is 8.38 Å². The largest absolute Gasteiger partial charge is 0.484 e. The Labute approximate surface area is 176 Å². The van der Waals surface area contributed by atoms with Crippen molar-refractivity contribution in [3.05, 3.63) is 57.4 Å². The number of aliphatic hydroxyl groups is 1. The van der Waals surface area contributed by atoms with Crippen LogP contribution >= 0.6 is 8.38 Å². The Morgan fingerprint density at radius 1 is 1.17 bits per heavy atom. The Balaban J connectivity index is 1.64. The number of rotatable bonds is 8. The van der Waals surface area contributed by atoms with Crippen LogP contribution in [0.2, 0.25) is 0 Å². The van der Waals surface area contributed by atoms with Crippen LogP contribution in [-0.4, -0.2) is 34.2 Å². The SMILES string of the molecule is CCOP(COc1ccc2nc3c(cc2c1)Cn1c-3cc(C)c(CO)c1=O)OCC. The summed E-state index contributed by atoms with van der Waals surface area (Å²) in [6.07, 6.45) is 0.366. The van der Waals surface area contributed by atoms with Gasteiger partial charge in [0.05, 0.1) is 43.3 Å². The number of nitrogens with zero attached hydrogens (tertiary/aromatic N) is 2. The van der Waals surface area contributed by atoms with Crippen LogP contribution in [0, 0.1) is 6.92 Å². The van der Waals surface area contributed by atoms with Crippen molar-refractivity contribution < 1.29 is 18.9 Å². The average molecular weight is 428 g/mol. The van der Waals surface area contributed by atoms with Gasteiger partial charge in [-0.25, -0.2) is 4.98 Å². The smallest absolute Gasteiger partial charge is 0.257 e. The fourth-order valence-corrected chi connectivity index (χ4v) is 4.74. The molecule has 0 radical (unpaired) electrons. The van der Waals surface area contributed by atoms with Gasteiger partial charge in [-0.2, -0.15) is 0 Å².